The quantitative estimate of drug-likeness (QED) is 0.533. The minimum Gasteiger partial charge on any atom is -0.497 e. The van der Waals surface area contributed by atoms with E-state index in [0.29, 0.717) is 12.5 Å². The fraction of sp³-hybridized carbons (Fsp3) is 0.444. The molecule has 1 atom stereocenters. The van der Waals surface area contributed by atoms with Crippen LogP contribution in [-0.4, -0.2) is 70.1 Å². The Kier molecular flexibility index (Phi) is 5.17. The van der Waals surface area contributed by atoms with E-state index >= 15 is 0 Å². The average Bonchev–Trinajstić information content (AvgIpc) is 3.63. The number of aryl methyl sites for hydroxylation is 1. The van der Waals surface area contributed by atoms with Gasteiger partial charge in [-0.05, 0) is 69.8 Å². The van der Waals surface area contributed by atoms with Gasteiger partial charge in [-0.15, -0.1) is 0 Å². The van der Waals surface area contributed by atoms with Gasteiger partial charge in [0, 0.05) is 41.9 Å². The van der Waals surface area contributed by atoms with Gasteiger partial charge in [0.2, 0.25) is 0 Å². The highest BCUT2D eigenvalue weighted by Crippen LogP contribution is 2.43. The van der Waals surface area contributed by atoms with Gasteiger partial charge in [0.25, 0.3) is 5.91 Å². The van der Waals surface area contributed by atoms with Crippen molar-refractivity contribution in [1.82, 2.24) is 19.8 Å². The number of aromatic amines is 2. The van der Waals surface area contributed by atoms with E-state index in [1.54, 1.807) is 7.11 Å². The van der Waals surface area contributed by atoms with Crippen LogP contribution in [0.4, 0.5) is 0 Å². The molecule has 3 aliphatic rings. The molecular weight excluding hydrogens is 428 g/mol. The number of hydrogen-bond acceptors (Lipinski definition) is 4. The first-order valence-corrected chi connectivity index (χ1v) is 12.4. The number of allylic oxidation sites excluding steroid dienone is 1. The number of aromatic nitrogens is 2. The minimum absolute atomic E-state index is 0.132. The van der Waals surface area contributed by atoms with Gasteiger partial charge in [-0.2, -0.15) is 0 Å². The molecule has 3 aromatic rings. The lowest BCUT2D eigenvalue weighted by Gasteiger charge is -2.29. The fourth-order valence-corrected chi connectivity index (χ4v) is 6.20. The standard InChI is InChI=1S/C27H32N4O3/c1-16-23(27(33)31-13-5-6-17(31)15-30-11-3-4-12-30)20-9-10-21(25(20)28-16)24-19-8-7-18(34-2)14-22(19)29-26(24)32/h7-8,10,14,17,28-29,32H,3-6,9,11-13,15H2,1-2H3/t17-/m0/s1. The number of amides is 1. The molecule has 6 rings (SSSR count). The van der Waals surface area contributed by atoms with Gasteiger partial charge in [-0.25, -0.2) is 0 Å². The summed E-state index contributed by atoms with van der Waals surface area (Å²) in [7, 11) is 1.63. The van der Waals surface area contributed by atoms with Crippen molar-refractivity contribution in [2.24, 2.45) is 0 Å². The summed E-state index contributed by atoms with van der Waals surface area (Å²) in [5.74, 6) is 1.02. The van der Waals surface area contributed by atoms with Crippen LogP contribution in [0.25, 0.3) is 16.5 Å². The van der Waals surface area contributed by atoms with Gasteiger partial charge >= 0.3 is 0 Å². The zero-order valence-corrected chi connectivity index (χ0v) is 19.9. The molecule has 34 heavy (non-hydrogen) atoms. The zero-order valence-electron chi connectivity index (χ0n) is 19.9. The van der Waals surface area contributed by atoms with E-state index in [1.165, 1.54) is 12.8 Å². The van der Waals surface area contributed by atoms with Crippen LogP contribution in [0.5, 0.6) is 11.6 Å². The highest BCUT2D eigenvalue weighted by atomic mass is 16.5. The molecule has 0 radical (unpaired) electrons. The molecule has 1 amide bonds. The van der Waals surface area contributed by atoms with Crippen molar-refractivity contribution in [2.75, 3.05) is 33.3 Å². The van der Waals surface area contributed by atoms with Gasteiger partial charge in [-0.1, -0.05) is 6.08 Å². The molecule has 2 aliphatic heterocycles. The molecule has 4 heterocycles. The fourth-order valence-electron chi connectivity index (χ4n) is 6.20. The van der Waals surface area contributed by atoms with Crippen LogP contribution >= 0.6 is 0 Å². The zero-order chi connectivity index (χ0) is 23.4. The number of methoxy groups -OCH3 is 1. The number of benzene rings is 1. The van der Waals surface area contributed by atoms with E-state index in [0.717, 1.165) is 89.3 Å². The molecule has 3 N–H and O–H groups in total. The number of hydrogen-bond donors (Lipinski definition) is 3. The monoisotopic (exact) mass is 460 g/mol. The number of rotatable bonds is 5. The highest BCUT2D eigenvalue weighted by Gasteiger charge is 2.36. The Hall–Kier alpha value is -3.19. The van der Waals surface area contributed by atoms with E-state index < -0.39 is 0 Å². The van der Waals surface area contributed by atoms with E-state index in [-0.39, 0.29) is 11.8 Å². The van der Waals surface area contributed by atoms with Crippen LogP contribution in [0.1, 0.15) is 58.6 Å². The minimum atomic E-state index is 0.132. The summed E-state index contributed by atoms with van der Waals surface area (Å²) in [6, 6.07) is 6.06. The summed E-state index contributed by atoms with van der Waals surface area (Å²) in [5.41, 5.74) is 6.26. The molecule has 0 bridgehead atoms. The van der Waals surface area contributed by atoms with Crippen LogP contribution < -0.4 is 4.74 Å². The number of nitrogens with zero attached hydrogens (tertiary/aromatic N) is 2. The lowest BCUT2D eigenvalue weighted by Crippen LogP contribution is -2.42. The van der Waals surface area contributed by atoms with Crippen molar-refractivity contribution in [3.05, 3.63) is 52.4 Å². The van der Waals surface area contributed by atoms with E-state index in [9.17, 15) is 9.90 Å². The summed E-state index contributed by atoms with van der Waals surface area (Å²) in [6.07, 6.45) is 7.51. The molecule has 0 unspecified atom stereocenters. The smallest absolute Gasteiger partial charge is 0.256 e. The SMILES string of the molecule is COc1ccc2c(C3=CCc4c3[nH]c(C)c4C(=O)N3CCC[C@H]3CN3CCCC3)c(O)[nH]c2c1. The second kappa shape index (κ2) is 8.24. The Labute approximate surface area is 199 Å². The first-order valence-electron chi connectivity index (χ1n) is 12.4. The van der Waals surface area contributed by atoms with Crippen LogP contribution in [0, 0.1) is 6.92 Å². The van der Waals surface area contributed by atoms with Crippen molar-refractivity contribution in [1.29, 1.82) is 0 Å². The maximum atomic E-state index is 13.8. The number of aromatic hydroxyl groups is 1. The maximum absolute atomic E-state index is 13.8. The van der Waals surface area contributed by atoms with Crippen LogP contribution in [0.15, 0.2) is 24.3 Å². The molecule has 1 aliphatic carbocycles. The predicted octanol–water partition coefficient (Wildman–Crippen LogP) is 4.21. The predicted molar refractivity (Wildman–Crippen MR) is 133 cm³/mol. The number of H-pyrrole nitrogens is 2. The van der Waals surface area contributed by atoms with Crippen molar-refractivity contribution in [3.8, 4) is 11.6 Å². The van der Waals surface area contributed by atoms with Crippen molar-refractivity contribution >= 4 is 22.4 Å². The molecule has 7 nitrogen and oxygen atoms in total. The summed E-state index contributed by atoms with van der Waals surface area (Å²) in [6.45, 7) is 6.14. The molecule has 0 saturated carbocycles. The van der Waals surface area contributed by atoms with Crippen LogP contribution in [0.3, 0.4) is 0 Å². The van der Waals surface area contributed by atoms with Gasteiger partial charge in [0.15, 0.2) is 5.88 Å². The van der Waals surface area contributed by atoms with E-state index in [1.807, 2.05) is 25.1 Å². The Morgan fingerprint density at radius 1 is 1.18 bits per heavy atom. The second-order valence-electron chi connectivity index (χ2n) is 9.86. The number of nitrogens with one attached hydrogen (secondary N) is 2. The van der Waals surface area contributed by atoms with Crippen molar-refractivity contribution in [3.63, 3.8) is 0 Å². The highest BCUT2D eigenvalue weighted by molar-refractivity contribution is 6.05. The van der Waals surface area contributed by atoms with E-state index in [2.05, 4.69) is 25.8 Å². The molecule has 2 aromatic heterocycles. The van der Waals surface area contributed by atoms with Gasteiger partial charge < -0.3 is 29.6 Å². The van der Waals surface area contributed by atoms with Gasteiger partial charge in [-0.3, -0.25) is 4.79 Å². The Morgan fingerprint density at radius 3 is 2.79 bits per heavy atom. The lowest BCUT2D eigenvalue weighted by molar-refractivity contribution is 0.0707. The summed E-state index contributed by atoms with van der Waals surface area (Å²) >= 11 is 0. The number of likely N-dealkylation sites (tertiary alicyclic amines) is 2. The number of ether oxygens (including phenoxy) is 1. The summed E-state index contributed by atoms with van der Waals surface area (Å²) in [4.78, 5) is 25.0. The molecular formula is C27H32N4O3. The molecule has 178 valence electrons. The number of fused-ring (bicyclic) bond motifs is 2. The molecule has 2 saturated heterocycles. The van der Waals surface area contributed by atoms with Crippen molar-refractivity contribution < 1.29 is 14.6 Å². The summed E-state index contributed by atoms with van der Waals surface area (Å²) < 4.78 is 5.33. The number of carbonyl (C=O) groups is 1. The topological polar surface area (TPSA) is 84.6 Å². The summed E-state index contributed by atoms with van der Waals surface area (Å²) in [5, 5.41) is 11.7. The number of carbonyl (C=O) groups excluding carboxylic acids is 1. The molecule has 2 fully saturated rings. The lowest BCUT2D eigenvalue weighted by atomic mass is 10.0. The van der Waals surface area contributed by atoms with Gasteiger partial charge in [0.05, 0.1) is 29.4 Å². The Bertz CT molecular complexity index is 1290. The Morgan fingerprint density at radius 2 is 2.00 bits per heavy atom. The third kappa shape index (κ3) is 3.33. The second-order valence-corrected chi connectivity index (χ2v) is 9.86. The molecule has 1 aromatic carbocycles. The van der Waals surface area contributed by atoms with Crippen LogP contribution in [0.2, 0.25) is 0 Å². The first-order chi connectivity index (χ1) is 16.5. The average molecular weight is 461 g/mol. The largest absolute Gasteiger partial charge is 0.497 e. The molecule has 7 heteroatoms. The molecule has 0 spiro atoms. The van der Waals surface area contributed by atoms with Crippen molar-refractivity contribution in [2.45, 2.75) is 45.1 Å². The van der Waals surface area contributed by atoms with Gasteiger partial charge in [0.1, 0.15) is 5.75 Å². The van der Waals surface area contributed by atoms with Crippen LogP contribution in [-0.2, 0) is 6.42 Å². The Balaban J connectivity index is 1.32. The normalized spacial score (nSPS) is 20.4. The maximum Gasteiger partial charge on any atom is 0.256 e. The third-order valence-electron chi connectivity index (χ3n) is 7.85. The third-order valence-corrected chi connectivity index (χ3v) is 7.85. The first kappa shape index (κ1) is 21.4. The van der Waals surface area contributed by atoms with E-state index in [4.69, 9.17) is 4.74 Å².